The van der Waals surface area contributed by atoms with Crippen LogP contribution in [0, 0.1) is 24.0 Å². The summed E-state index contributed by atoms with van der Waals surface area (Å²) in [5.41, 5.74) is 0.497. The molecule has 0 N–H and O–H groups in total. The van der Waals surface area contributed by atoms with Crippen LogP contribution < -0.4 is 9.47 Å². The molecule has 23 heavy (non-hydrogen) atoms. The van der Waals surface area contributed by atoms with E-state index < -0.39 is 10.9 Å². The second-order valence-corrected chi connectivity index (χ2v) is 4.81. The number of hydrogen-bond donors (Lipinski definition) is 0. The number of esters is 1. The van der Waals surface area contributed by atoms with Gasteiger partial charge in [0.1, 0.15) is 29.4 Å². The van der Waals surface area contributed by atoms with E-state index in [4.69, 9.17) is 9.47 Å². The average Bonchev–Trinajstić information content (AvgIpc) is 2.75. The molecular formula is C15H17N3O5. The maximum Gasteiger partial charge on any atom is 0.333 e. The summed E-state index contributed by atoms with van der Waals surface area (Å²) in [5, 5.41) is 14.9. The number of ether oxygens (including phenoxy) is 2. The Labute approximate surface area is 132 Å². The molecule has 0 bridgehead atoms. The van der Waals surface area contributed by atoms with Crippen molar-refractivity contribution in [1.82, 2.24) is 9.78 Å². The molecule has 2 aromatic rings. The lowest BCUT2D eigenvalue weighted by atomic mass is 10.3. The molecule has 8 nitrogen and oxygen atoms in total. The molecular weight excluding hydrogens is 302 g/mol. The molecule has 0 unspecified atom stereocenters. The van der Waals surface area contributed by atoms with Crippen LogP contribution in [0.25, 0.3) is 0 Å². The van der Waals surface area contributed by atoms with Crippen LogP contribution >= 0.6 is 0 Å². The summed E-state index contributed by atoms with van der Waals surface area (Å²) in [5.74, 6) is 0.491. The molecule has 1 aromatic heterocycles. The molecule has 0 amide bonds. The molecule has 0 spiro atoms. The van der Waals surface area contributed by atoms with E-state index in [1.54, 1.807) is 31.2 Å². The van der Waals surface area contributed by atoms with Crippen LogP contribution in [-0.2, 0) is 11.3 Å². The second kappa shape index (κ2) is 6.91. The van der Waals surface area contributed by atoms with Crippen LogP contribution in [0.15, 0.2) is 24.3 Å². The number of aryl methyl sites for hydroxylation is 1. The van der Waals surface area contributed by atoms with E-state index in [1.165, 1.54) is 11.6 Å². The predicted molar refractivity (Wildman–Crippen MR) is 81.6 cm³/mol. The Morgan fingerprint density at radius 3 is 2.39 bits per heavy atom. The fraction of sp³-hybridized carbons (Fsp3) is 0.333. The SMILES string of the molecule is CCOc1ccc(OC(=O)Cn2nc(C)c([N+](=O)[O-])c2C)cc1. The van der Waals surface area contributed by atoms with Crippen molar-refractivity contribution >= 4 is 11.7 Å². The summed E-state index contributed by atoms with van der Waals surface area (Å²) < 4.78 is 11.8. The fourth-order valence-electron chi connectivity index (χ4n) is 2.16. The molecule has 0 fully saturated rings. The van der Waals surface area contributed by atoms with Gasteiger partial charge in [0.25, 0.3) is 0 Å². The monoisotopic (exact) mass is 319 g/mol. The van der Waals surface area contributed by atoms with E-state index in [0.29, 0.717) is 23.8 Å². The van der Waals surface area contributed by atoms with Crippen LogP contribution in [0.2, 0.25) is 0 Å². The summed E-state index contributed by atoms with van der Waals surface area (Å²) in [6, 6.07) is 6.62. The highest BCUT2D eigenvalue weighted by atomic mass is 16.6. The molecule has 1 aromatic carbocycles. The van der Waals surface area contributed by atoms with Crippen molar-refractivity contribution < 1.29 is 19.2 Å². The zero-order valence-electron chi connectivity index (χ0n) is 13.1. The van der Waals surface area contributed by atoms with Crippen molar-refractivity contribution in [2.45, 2.75) is 27.3 Å². The van der Waals surface area contributed by atoms with Gasteiger partial charge in [0, 0.05) is 0 Å². The van der Waals surface area contributed by atoms with E-state index >= 15 is 0 Å². The molecule has 1 heterocycles. The van der Waals surface area contributed by atoms with Crippen LogP contribution in [0.5, 0.6) is 11.5 Å². The number of carbonyl (C=O) groups is 1. The van der Waals surface area contributed by atoms with Gasteiger partial charge in [-0.15, -0.1) is 0 Å². The molecule has 0 aliphatic carbocycles. The molecule has 122 valence electrons. The van der Waals surface area contributed by atoms with Gasteiger partial charge in [-0.05, 0) is 45.0 Å². The summed E-state index contributed by atoms with van der Waals surface area (Å²) >= 11 is 0. The van der Waals surface area contributed by atoms with E-state index in [-0.39, 0.29) is 17.9 Å². The Morgan fingerprint density at radius 1 is 1.26 bits per heavy atom. The third-order valence-electron chi connectivity index (χ3n) is 3.17. The number of carbonyl (C=O) groups excluding carboxylic acids is 1. The van der Waals surface area contributed by atoms with Crippen molar-refractivity contribution in [3.05, 3.63) is 45.8 Å². The number of nitrogens with zero attached hydrogens (tertiary/aromatic N) is 3. The Kier molecular flexibility index (Phi) is 4.95. The molecule has 0 aliphatic heterocycles. The summed E-state index contributed by atoms with van der Waals surface area (Å²) in [7, 11) is 0. The first-order valence-electron chi connectivity index (χ1n) is 7.04. The van der Waals surface area contributed by atoms with Crippen LogP contribution in [0.4, 0.5) is 5.69 Å². The molecule has 0 aliphatic rings. The maximum atomic E-state index is 12.0. The van der Waals surface area contributed by atoms with Gasteiger partial charge in [-0.3, -0.25) is 14.8 Å². The van der Waals surface area contributed by atoms with Gasteiger partial charge >= 0.3 is 11.7 Å². The molecule has 8 heteroatoms. The quantitative estimate of drug-likeness (QED) is 0.351. The van der Waals surface area contributed by atoms with Crippen molar-refractivity contribution in [1.29, 1.82) is 0 Å². The standard InChI is InChI=1S/C15H17N3O5/c1-4-22-12-5-7-13(8-6-12)23-14(19)9-17-11(3)15(18(20)21)10(2)16-17/h5-8H,4,9H2,1-3H3. The highest BCUT2D eigenvalue weighted by Crippen LogP contribution is 2.22. The van der Waals surface area contributed by atoms with Gasteiger partial charge < -0.3 is 9.47 Å². The minimum absolute atomic E-state index is 0.0844. The maximum absolute atomic E-state index is 12.0. The Morgan fingerprint density at radius 2 is 1.87 bits per heavy atom. The van der Waals surface area contributed by atoms with Gasteiger partial charge in [0.05, 0.1) is 11.5 Å². The second-order valence-electron chi connectivity index (χ2n) is 4.81. The number of hydrogen-bond acceptors (Lipinski definition) is 6. The van der Waals surface area contributed by atoms with Gasteiger partial charge in [-0.1, -0.05) is 0 Å². The highest BCUT2D eigenvalue weighted by molar-refractivity contribution is 5.72. The Balaban J connectivity index is 2.05. The minimum atomic E-state index is -0.561. The zero-order chi connectivity index (χ0) is 17.0. The van der Waals surface area contributed by atoms with Gasteiger partial charge in [0.15, 0.2) is 0 Å². The smallest absolute Gasteiger partial charge is 0.333 e. The molecule has 0 atom stereocenters. The van der Waals surface area contributed by atoms with Crippen LogP contribution in [0.3, 0.4) is 0 Å². The molecule has 0 saturated heterocycles. The van der Waals surface area contributed by atoms with Crippen molar-refractivity contribution in [3.8, 4) is 11.5 Å². The van der Waals surface area contributed by atoms with Gasteiger partial charge in [-0.25, -0.2) is 4.79 Å². The van der Waals surface area contributed by atoms with E-state index in [1.807, 2.05) is 6.92 Å². The lowest BCUT2D eigenvalue weighted by Crippen LogP contribution is -2.18. The van der Waals surface area contributed by atoms with E-state index in [0.717, 1.165) is 0 Å². The first-order valence-corrected chi connectivity index (χ1v) is 7.04. The van der Waals surface area contributed by atoms with E-state index in [9.17, 15) is 14.9 Å². The number of nitro groups is 1. The van der Waals surface area contributed by atoms with Crippen molar-refractivity contribution in [2.24, 2.45) is 0 Å². The van der Waals surface area contributed by atoms with Crippen molar-refractivity contribution in [2.75, 3.05) is 6.61 Å². The third-order valence-corrected chi connectivity index (χ3v) is 3.17. The number of aromatic nitrogens is 2. The Bertz CT molecular complexity index is 721. The lowest BCUT2D eigenvalue weighted by molar-refractivity contribution is -0.386. The van der Waals surface area contributed by atoms with Gasteiger partial charge in [-0.2, -0.15) is 5.10 Å². The normalized spacial score (nSPS) is 10.4. The summed E-state index contributed by atoms with van der Waals surface area (Å²) in [6.07, 6.45) is 0. The van der Waals surface area contributed by atoms with Gasteiger partial charge in [0.2, 0.25) is 0 Å². The topological polar surface area (TPSA) is 96.5 Å². The largest absolute Gasteiger partial charge is 0.494 e. The first kappa shape index (κ1) is 16.5. The van der Waals surface area contributed by atoms with E-state index in [2.05, 4.69) is 5.10 Å². The molecule has 0 saturated carbocycles. The summed E-state index contributed by atoms with van der Waals surface area (Å²) in [6.45, 7) is 5.30. The number of rotatable bonds is 6. The lowest BCUT2D eigenvalue weighted by Gasteiger charge is -2.07. The average molecular weight is 319 g/mol. The van der Waals surface area contributed by atoms with Crippen LogP contribution in [0.1, 0.15) is 18.3 Å². The molecule has 0 radical (unpaired) electrons. The van der Waals surface area contributed by atoms with Crippen LogP contribution in [-0.4, -0.2) is 27.3 Å². The fourth-order valence-corrected chi connectivity index (χ4v) is 2.16. The highest BCUT2D eigenvalue weighted by Gasteiger charge is 2.23. The van der Waals surface area contributed by atoms with Crippen molar-refractivity contribution in [3.63, 3.8) is 0 Å². The zero-order valence-corrected chi connectivity index (χ0v) is 13.1. The molecule has 2 rings (SSSR count). The summed E-state index contributed by atoms with van der Waals surface area (Å²) in [4.78, 5) is 22.4. The Hall–Kier alpha value is -2.90. The first-order chi connectivity index (χ1) is 10.9. The number of benzene rings is 1. The minimum Gasteiger partial charge on any atom is -0.494 e. The third kappa shape index (κ3) is 3.85. The predicted octanol–water partition coefficient (Wildman–Crippen LogP) is 2.41.